The molecule has 2 aromatic rings. The number of fused-ring (bicyclic) bond motifs is 6. The number of guanidine groups is 1. The van der Waals surface area contributed by atoms with E-state index < -0.39 is 70.3 Å². The van der Waals surface area contributed by atoms with Crippen LogP contribution in [0.1, 0.15) is 5.82 Å². The summed E-state index contributed by atoms with van der Waals surface area (Å²) in [5.41, 5.74) is 0.696. The maximum Gasteiger partial charge on any atom is 0.473 e. The molecule has 3 unspecified atom stereocenters. The number of rotatable bonds is 1. The molecule has 4 aliphatic heterocycles. The molecule has 4 N–H and O–H groups in total. The number of ether oxygens (including phenoxy) is 1. The highest BCUT2D eigenvalue weighted by molar-refractivity contribution is 8.07. The number of phosphoric acid groups is 1. The molecule has 6 rings (SSSR count). The Balaban J connectivity index is 1.33. The first-order valence-corrected chi connectivity index (χ1v) is 15.6. The maximum atomic E-state index is 15.7. The Morgan fingerprint density at radius 2 is 2.10 bits per heavy atom. The van der Waals surface area contributed by atoms with E-state index in [0.717, 1.165) is 11.2 Å². The summed E-state index contributed by atoms with van der Waals surface area (Å²) < 4.78 is 57.1. The number of halogens is 1. The lowest BCUT2D eigenvalue weighted by atomic mass is 10.1. The predicted octanol–water partition coefficient (Wildman–Crippen LogP) is -0.669. The van der Waals surface area contributed by atoms with E-state index in [1.165, 1.54) is 17.1 Å². The Hall–Kier alpha value is -2.64. The molecule has 4 aliphatic rings. The largest absolute Gasteiger partial charge is 0.473 e. The lowest BCUT2D eigenvalue weighted by molar-refractivity contribution is -0.119. The molecule has 0 aromatic carbocycles. The Morgan fingerprint density at radius 3 is 2.92 bits per heavy atom. The molecule has 0 aliphatic carbocycles. The van der Waals surface area contributed by atoms with Gasteiger partial charge in [0.25, 0.3) is 5.91 Å². The van der Waals surface area contributed by atoms with E-state index in [2.05, 4.69) is 30.3 Å². The average molecular weight is 619 g/mol. The van der Waals surface area contributed by atoms with E-state index in [4.69, 9.17) is 40.0 Å². The van der Waals surface area contributed by atoms with E-state index in [9.17, 15) is 19.1 Å². The summed E-state index contributed by atoms with van der Waals surface area (Å²) in [4.78, 5) is 54.8. The van der Waals surface area contributed by atoms with E-state index in [1.54, 1.807) is 0 Å². The zero-order valence-electron chi connectivity index (χ0n) is 20.0. The van der Waals surface area contributed by atoms with Gasteiger partial charge >= 0.3 is 14.5 Å². The van der Waals surface area contributed by atoms with Gasteiger partial charge in [-0.1, -0.05) is 0 Å². The highest BCUT2D eigenvalue weighted by Gasteiger charge is 2.54. The van der Waals surface area contributed by atoms with Gasteiger partial charge in [-0.25, -0.2) is 23.9 Å². The molecule has 2 aromatic heterocycles. The number of carbonyl (C=O) groups excluding carboxylic acids is 1. The monoisotopic (exact) mass is 619 g/mol. The summed E-state index contributed by atoms with van der Waals surface area (Å²) in [5, 5.41) is 9.93. The summed E-state index contributed by atoms with van der Waals surface area (Å²) in [6, 6.07) is -1.16. The predicted molar refractivity (Wildman–Crippen MR) is 134 cm³/mol. The van der Waals surface area contributed by atoms with Crippen LogP contribution in [0.4, 0.5) is 4.39 Å². The molecular weight excluding hydrogens is 599 g/mol. The number of carbonyl (C=O) groups is 1. The zero-order valence-corrected chi connectivity index (χ0v) is 22.6. The second-order valence-electron chi connectivity index (χ2n) is 8.71. The van der Waals surface area contributed by atoms with Gasteiger partial charge < -0.3 is 28.1 Å². The van der Waals surface area contributed by atoms with Crippen LogP contribution >= 0.6 is 14.5 Å². The van der Waals surface area contributed by atoms with Crippen LogP contribution in [0.25, 0.3) is 11.2 Å². The number of nitrogens with one attached hydrogen (secondary N) is 2. The number of phosphoric ester groups is 1. The quantitative estimate of drug-likeness (QED) is 0.290. The number of imidazole rings is 1. The van der Waals surface area contributed by atoms with Crippen molar-refractivity contribution in [3.05, 3.63) is 18.3 Å². The highest BCUT2D eigenvalue weighted by Crippen LogP contribution is 2.50. The molecular formula is C18H20FN9O9P2S. The minimum Gasteiger partial charge on any atom is -0.346 e. The van der Waals surface area contributed by atoms with Gasteiger partial charge in [0.05, 0.1) is 25.7 Å². The molecule has 7 atom stereocenters. The van der Waals surface area contributed by atoms with Crippen molar-refractivity contribution in [2.24, 2.45) is 9.98 Å². The summed E-state index contributed by atoms with van der Waals surface area (Å²) in [6.07, 6.45) is -3.11. The van der Waals surface area contributed by atoms with Gasteiger partial charge in [-0.05, 0) is 11.8 Å². The van der Waals surface area contributed by atoms with Gasteiger partial charge in [0.2, 0.25) is 5.96 Å². The fraction of sp³-hybridized carbons (Fsp3) is 0.500. The first kappa shape index (κ1) is 27.5. The molecule has 0 saturated carbocycles. The number of nitrogens with zero attached hydrogens (tertiary/aromatic N) is 7. The van der Waals surface area contributed by atoms with Crippen molar-refractivity contribution in [2.45, 2.75) is 43.8 Å². The van der Waals surface area contributed by atoms with Crippen LogP contribution in [0.3, 0.4) is 0 Å². The van der Waals surface area contributed by atoms with Gasteiger partial charge in [0, 0.05) is 6.54 Å². The third kappa shape index (κ3) is 5.23. The van der Waals surface area contributed by atoms with Crippen LogP contribution in [-0.4, -0.2) is 102 Å². The minimum absolute atomic E-state index is 0.0433. The van der Waals surface area contributed by atoms with E-state index in [-0.39, 0.29) is 24.8 Å². The zero-order chi connectivity index (χ0) is 28.2. The SMILES string of the molecule is N=C1N=C2C(N=CN2[C@H]2O[C@@H]3COP(O)(=S)OCCn4c(nc5cncnc54)COP(=O)(O)O[C@@H]2[C@H]3F)C(=O)N1. The van der Waals surface area contributed by atoms with Crippen molar-refractivity contribution in [1.29, 1.82) is 5.41 Å². The van der Waals surface area contributed by atoms with Gasteiger partial charge in [-0.15, -0.1) is 0 Å². The van der Waals surface area contributed by atoms with Crippen molar-refractivity contribution in [3.8, 4) is 0 Å². The first-order valence-electron chi connectivity index (χ1n) is 11.5. The van der Waals surface area contributed by atoms with E-state index >= 15 is 4.39 Å². The molecule has 22 heteroatoms. The van der Waals surface area contributed by atoms with Crippen LogP contribution in [0.15, 0.2) is 22.5 Å². The minimum atomic E-state index is -5.00. The molecule has 18 nitrogen and oxygen atoms in total. The van der Waals surface area contributed by atoms with Crippen LogP contribution in [-0.2, 0) is 57.1 Å². The number of aromatic nitrogens is 4. The molecule has 0 spiro atoms. The lowest BCUT2D eigenvalue weighted by Gasteiger charge is -2.30. The van der Waals surface area contributed by atoms with Crippen molar-refractivity contribution >= 4 is 61.6 Å². The smallest absolute Gasteiger partial charge is 0.346 e. The Kier molecular flexibility index (Phi) is 7.10. The summed E-state index contributed by atoms with van der Waals surface area (Å²) in [6.45, 7) is -5.22. The fourth-order valence-electron chi connectivity index (χ4n) is 4.44. The molecule has 1 amide bonds. The third-order valence-electron chi connectivity index (χ3n) is 6.18. The fourth-order valence-corrected chi connectivity index (χ4v) is 6.44. The Labute approximate surface area is 228 Å². The summed E-state index contributed by atoms with van der Waals surface area (Å²) in [7, 11) is -5.00. The molecule has 6 heterocycles. The van der Waals surface area contributed by atoms with E-state index in [0.29, 0.717) is 11.2 Å². The number of amides is 1. The second kappa shape index (κ2) is 10.3. The van der Waals surface area contributed by atoms with Gasteiger partial charge in [-0.2, -0.15) is 4.99 Å². The van der Waals surface area contributed by atoms with Gasteiger partial charge in [-0.3, -0.25) is 34.5 Å². The van der Waals surface area contributed by atoms with E-state index in [1.807, 2.05) is 0 Å². The topological polar surface area (TPSA) is 228 Å². The maximum absolute atomic E-state index is 15.7. The van der Waals surface area contributed by atoms with Crippen molar-refractivity contribution in [1.82, 2.24) is 29.7 Å². The number of amidine groups is 1. The van der Waals surface area contributed by atoms with Gasteiger partial charge in [0.1, 0.15) is 36.5 Å². The van der Waals surface area contributed by atoms with Crippen molar-refractivity contribution in [2.75, 3.05) is 13.2 Å². The normalized spacial score (nSPS) is 36.9. The molecule has 1 fully saturated rings. The van der Waals surface area contributed by atoms with Crippen LogP contribution in [0, 0.1) is 5.41 Å². The van der Waals surface area contributed by atoms with Crippen LogP contribution in [0.2, 0.25) is 0 Å². The second-order valence-corrected chi connectivity index (χ2v) is 13.0. The molecule has 1 saturated heterocycles. The highest BCUT2D eigenvalue weighted by atomic mass is 32.5. The number of hydrogen-bond acceptors (Lipinski definition) is 14. The standard InChI is InChI=1S/C18H20FN9O9P2S/c19-11-9-4-35-39(32,40)33-2-1-27-10(24-8-3-21-6-22-14(8)27)5-34-38(30,31)37-13(11)17(36-9)28-7-23-12-15(28)25-18(20)26-16(12)29/h3,6-7,9,11-13,17H,1-2,4-5H2,(H,30,31)(H,32,40)(H2,20,26,29)/t9-,11+,12?,13-,17+,39?/m1/s1. The van der Waals surface area contributed by atoms with Crippen molar-refractivity contribution in [3.63, 3.8) is 0 Å². The number of aliphatic imine (C=N–C) groups is 2. The molecule has 2 bridgehead atoms. The number of alkyl halides is 1. The number of hydrogen-bond donors (Lipinski definition) is 4. The molecule has 214 valence electrons. The van der Waals surface area contributed by atoms with Gasteiger partial charge in [0.15, 0.2) is 29.9 Å². The van der Waals surface area contributed by atoms with Crippen molar-refractivity contribution < 1.29 is 46.4 Å². The lowest BCUT2D eigenvalue weighted by Crippen LogP contribution is -2.53. The molecule has 0 radical (unpaired) electrons. The van der Waals surface area contributed by atoms with Crippen LogP contribution in [0.5, 0.6) is 0 Å². The summed E-state index contributed by atoms with van der Waals surface area (Å²) in [5.74, 6) is -1.11. The average Bonchev–Trinajstić information content (AvgIpc) is 3.55. The Bertz CT molecular complexity index is 1540. The first-order chi connectivity index (χ1) is 19.0. The molecule has 40 heavy (non-hydrogen) atoms. The van der Waals surface area contributed by atoms with Crippen LogP contribution < -0.4 is 5.32 Å². The Morgan fingerprint density at radius 1 is 1.27 bits per heavy atom. The summed E-state index contributed by atoms with van der Waals surface area (Å²) >= 11 is 5.05. The third-order valence-corrected chi connectivity index (χ3v) is 8.76.